The molecule has 0 bridgehead atoms. The van der Waals surface area contributed by atoms with Crippen molar-refractivity contribution in [1.29, 1.82) is 0 Å². The van der Waals surface area contributed by atoms with E-state index < -0.39 is 0 Å². The Labute approximate surface area is 149 Å². The number of fused-ring (bicyclic) bond motifs is 1. The van der Waals surface area contributed by atoms with Crippen LogP contribution < -0.4 is 5.32 Å². The average molecular weight is 344 g/mol. The van der Waals surface area contributed by atoms with E-state index >= 15 is 0 Å². The van der Waals surface area contributed by atoms with E-state index in [0.717, 1.165) is 22.5 Å². The normalized spacial score (nSPS) is 11.3. The van der Waals surface area contributed by atoms with E-state index in [9.17, 15) is 4.79 Å². The molecule has 1 aromatic carbocycles. The van der Waals surface area contributed by atoms with Gasteiger partial charge in [0.05, 0.1) is 11.9 Å². The van der Waals surface area contributed by atoms with Gasteiger partial charge in [0.25, 0.3) is 0 Å². The summed E-state index contributed by atoms with van der Waals surface area (Å²) in [5.41, 5.74) is 3.38. The molecule has 0 aliphatic carbocycles. The van der Waals surface area contributed by atoms with E-state index in [0.29, 0.717) is 5.78 Å². The average Bonchev–Trinajstić information content (AvgIpc) is 3.26. The van der Waals surface area contributed by atoms with Crippen LogP contribution in [0, 0.1) is 0 Å². The second-order valence-electron chi connectivity index (χ2n) is 5.80. The third kappa shape index (κ3) is 3.36. The Kier molecular flexibility index (Phi) is 4.03. The first kappa shape index (κ1) is 15.8. The minimum absolute atomic E-state index is 0.196. The second-order valence-corrected chi connectivity index (χ2v) is 5.80. The van der Waals surface area contributed by atoms with Crippen molar-refractivity contribution in [2.45, 2.75) is 0 Å². The Balaban J connectivity index is 1.45. The molecule has 0 radical (unpaired) electrons. The first-order valence-corrected chi connectivity index (χ1v) is 8.05. The number of rotatable bonds is 4. The van der Waals surface area contributed by atoms with Crippen molar-refractivity contribution in [2.24, 2.45) is 7.05 Å². The number of hydrogen-bond donors (Lipinski definition) is 1. The van der Waals surface area contributed by atoms with Crippen LogP contribution >= 0.6 is 0 Å². The Hall–Kier alpha value is -3.74. The molecule has 1 amide bonds. The Bertz CT molecular complexity index is 1060. The predicted molar refractivity (Wildman–Crippen MR) is 99.3 cm³/mol. The Morgan fingerprint density at radius 1 is 1.19 bits per heavy atom. The molecule has 3 heterocycles. The first-order chi connectivity index (χ1) is 12.7. The summed E-state index contributed by atoms with van der Waals surface area (Å²) in [6.45, 7) is 0. The number of carbonyl (C=O) groups excluding carboxylic acids is 1. The van der Waals surface area contributed by atoms with Crippen molar-refractivity contribution in [2.75, 3.05) is 5.32 Å². The van der Waals surface area contributed by atoms with Crippen LogP contribution in [0.3, 0.4) is 0 Å². The van der Waals surface area contributed by atoms with Gasteiger partial charge in [-0.15, -0.1) is 0 Å². The minimum Gasteiger partial charge on any atom is -0.323 e. The molecular formula is C19H16N6O. The lowest BCUT2D eigenvalue weighted by Crippen LogP contribution is -2.07. The molecule has 0 aliphatic heterocycles. The standard InChI is InChI=1S/C19H16N6O/c1-24-12-14(11-21-24)3-8-18(26)22-16-6-4-15(5-7-16)17-13-25-10-2-9-20-19(25)23-17/h2-13H,1H3,(H,22,26)/b8-3-. The van der Waals surface area contributed by atoms with Crippen LogP contribution in [-0.4, -0.2) is 30.1 Å². The topological polar surface area (TPSA) is 77.1 Å². The van der Waals surface area contributed by atoms with Gasteiger partial charge in [-0.25, -0.2) is 9.97 Å². The molecule has 0 aliphatic rings. The van der Waals surface area contributed by atoms with Gasteiger partial charge in [-0.3, -0.25) is 13.9 Å². The van der Waals surface area contributed by atoms with Gasteiger partial charge < -0.3 is 5.32 Å². The van der Waals surface area contributed by atoms with E-state index in [-0.39, 0.29) is 5.91 Å². The predicted octanol–water partition coefficient (Wildman–Crippen LogP) is 2.78. The molecule has 3 aromatic heterocycles. The molecule has 0 unspecified atom stereocenters. The number of amides is 1. The maximum absolute atomic E-state index is 12.0. The fraction of sp³-hybridized carbons (Fsp3) is 0.0526. The third-order valence-electron chi connectivity index (χ3n) is 3.84. The summed E-state index contributed by atoms with van der Waals surface area (Å²) in [6.07, 6.45) is 12.3. The van der Waals surface area contributed by atoms with Crippen LogP contribution in [0.15, 0.2) is 67.4 Å². The van der Waals surface area contributed by atoms with Gasteiger partial charge in [-0.1, -0.05) is 12.1 Å². The lowest BCUT2D eigenvalue weighted by atomic mass is 10.1. The third-order valence-corrected chi connectivity index (χ3v) is 3.84. The molecule has 4 aromatic rings. The van der Waals surface area contributed by atoms with Gasteiger partial charge in [0, 0.05) is 54.7 Å². The van der Waals surface area contributed by atoms with Crippen LogP contribution in [-0.2, 0) is 11.8 Å². The smallest absolute Gasteiger partial charge is 0.248 e. The summed E-state index contributed by atoms with van der Waals surface area (Å²) in [6, 6.07) is 9.39. The molecule has 4 rings (SSSR count). The van der Waals surface area contributed by atoms with Crippen molar-refractivity contribution < 1.29 is 4.79 Å². The molecule has 0 saturated heterocycles. The number of nitrogens with zero attached hydrogens (tertiary/aromatic N) is 5. The van der Waals surface area contributed by atoms with E-state index in [1.54, 1.807) is 23.2 Å². The zero-order chi connectivity index (χ0) is 17.9. The zero-order valence-corrected chi connectivity index (χ0v) is 14.1. The summed E-state index contributed by atoms with van der Waals surface area (Å²) in [4.78, 5) is 20.7. The highest BCUT2D eigenvalue weighted by atomic mass is 16.1. The van der Waals surface area contributed by atoms with E-state index in [2.05, 4.69) is 20.4 Å². The summed E-state index contributed by atoms with van der Waals surface area (Å²) >= 11 is 0. The largest absolute Gasteiger partial charge is 0.323 e. The summed E-state index contributed by atoms with van der Waals surface area (Å²) in [5, 5.41) is 6.89. The zero-order valence-electron chi connectivity index (χ0n) is 14.1. The van der Waals surface area contributed by atoms with E-state index in [4.69, 9.17) is 0 Å². The number of anilines is 1. The first-order valence-electron chi connectivity index (χ1n) is 8.05. The monoisotopic (exact) mass is 344 g/mol. The molecule has 128 valence electrons. The Morgan fingerprint density at radius 3 is 2.77 bits per heavy atom. The van der Waals surface area contributed by atoms with Crippen molar-refractivity contribution in [1.82, 2.24) is 24.1 Å². The molecule has 1 N–H and O–H groups in total. The lowest BCUT2D eigenvalue weighted by molar-refractivity contribution is -0.111. The van der Waals surface area contributed by atoms with E-state index in [1.807, 2.05) is 60.4 Å². The van der Waals surface area contributed by atoms with Gasteiger partial charge in [-0.2, -0.15) is 5.10 Å². The highest BCUT2D eigenvalue weighted by Gasteiger charge is 2.05. The van der Waals surface area contributed by atoms with Crippen LogP contribution in [0.25, 0.3) is 23.1 Å². The molecule has 0 spiro atoms. The number of hydrogen-bond acceptors (Lipinski definition) is 4. The number of aromatic nitrogens is 5. The van der Waals surface area contributed by atoms with E-state index in [1.165, 1.54) is 6.08 Å². The van der Waals surface area contributed by atoms with Crippen molar-refractivity contribution in [3.05, 3.63) is 73.0 Å². The Morgan fingerprint density at radius 2 is 2.04 bits per heavy atom. The minimum atomic E-state index is -0.196. The number of imidazole rings is 1. The van der Waals surface area contributed by atoms with Gasteiger partial charge >= 0.3 is 0 Å². The van der Waals surface area contributed by atoms with Gasteiger partial charge in [0.15, 0.2) is 0 Å². The summed E-state index contributed by atoms with van der Waals surface area (Å²) in [5.74, 6) is 0.457. The number of nitrogens with one attached hydrogen (secondary N) is 1. The number of carbonyl (C=O) groups is 1. The fourth-order valence-electron chi connectivity index (χ4n) is 2.58. The van der Waals surface area contributed by atoms with Crippen molar-refractivity contribution >= 4 is 23.4 Å². The van der Waals surface area contributed by atoms with Crippen molar-refractivity contribution in [3.8, 4) is 11.3 Å². The highest BCUT2D eigenvalue weighted by molar-refractivity contribution is 6.02. The summed E-state index contributed by atoms with van der Waals surface area (Å²) < 4.78 is 3.55. The van der Waals surface area contributed by atoms with Crippen LogP contribution in [0.4, 0.5) is 5.69 Å². The summed E-state index contributed by atoms with van der Waals surface area (Å²) in [7, 11) is 1.83. The SMILES string of the molecule is Cn1cc(/C=C\C(=O)Nc2ccc(-c3cn4cccnc4n3)cc2)cn1. The van der Waals surface area contributed by atoms with Crippen LogP contribution in [0.5, 0.6) is 0 Å². The van der Waals surface area contributed by atoms with Crippen LogP contribution in [0.1, 0.15) is 5.56 Å². The fourth-order valence-corrected chi connectivity index (χ4v) is 2.58. The molecule has 0 fully saturated rings. The molecule has 0 saturated carbocycles. The number of benzene rings is 1. The molecule has 0 atom stereocenters. The van der Waals surface area contributed by atoms with Gasteiger partial charge in [0.2, 0.25) is 11.7 Å². The highest BCUT2D eigenvalue weighted by Crippen LogP contribution is 2.20. The maximum atomic E-state index is 12.0. The molecular weight excluding hydrogens is 328 g/mol. The van der Waals surface area contributed by atoms with Crippen LogP contribution in [0.2, 0.25) is 0 Å². The molecule has 26 heavy (non-hydrogen) atoms. The second kappa shape index (κ2) is 6.64. The lowest BCUT2D eigenvalue weighted by Gasteiger charge is -2.03. The number of aryl methyl sites for hydroxylation is 1. The quantitative estimate of drug-likeness (QED) is 0.578. The van der Waals surface area contributed by atoms with Gasteiger partial charge in [-0.05, 0) is 24.3 Å². The van der Waals surface area contributed by atoms with Crippen molar-refractivity contribution in [3.63, 3.8) is 0 Å². The maximum Gasteiger partial charge on any atom is 0.248 e. The molecule has 7 nitrogen and oxygen atoms in total. The van der Waals surface area contributed by atoms with Gasteiger partial charge in [0.1, 0.15) is 0 Å². The molecule has 7 heteroatoms.